The van der Waals surface area contributed by atoms with Crippen molar-refractivity contribution < 1.29 is 14.7 Å². The molecule has 0 radical (unpaired) electrons. The van der Waals surface area contributed by atoms with E-state index in [0.717, 1.165) is 10.0 Å². The molecule has 0 aliphatic carbocycles. The third-order valence-electron chi connectivity index (χ3n) is 3.18. The van der Waals surface area contributed by atoms with Crippen molar-refractivity contribution in [1.82, 2.24) is 4.90 Å². The van der Waals surface area contributed by atoms with Gasteiger partial charge in [-0.1, -0.05) is 27.5 Å². The average Bonchev–Trinajstić information content (AvgIpc) is 2.60. The van der Waals surface area contributed by atoms with Crippen LogP contribution in [-0.4, -0.2) is 28.9 Å². The second-order valence-electron chi connectivity index (χ2n) is 4.26. The highest BCUT2D eigenvalue weighted by molar-refractivity contribution is 9.10. The molecule has 1 aromatic rings. The molecule has 0 aromatic heterocycles. The summed E-state index contributed by atoms with van der Waals surface area (Å²) in [5, 5.41) is 9.73. The zero-order valence-electron chi connectivity index (χ0n) is 9.56. The van der Waals surface area contributed by atoms with Gasteiger partial charge in [0.15, 0.2) is 0 Å². The largest absolute Gasteiger partial charge is 0.481 e. The summed E-state index contributed by atoms with van der Waals surface area (Å²) in [5.74, 6) is -1.87. The summed E-state index contributed by atoms with van der Waals surface area (Å²) in [4.78, 5) is 24.4. The minimum atomic E-state index is -0.968. The topological polar surface area (TPSA) is 57.6 Å². The lowest BCUT2D eigenvalue weighted by Gasteiger charge is -2.24. The summed E-state index contributed by atoms with van der Waals surface area (Å²) in [6, 6.07) is 4.68. The van der Waals surface area contributed by atoms with Gasteiger partial charge in [0.1, 0.15) is 0 Å². The van der Waals surface area contributed by atoms with Crippen LogP contribution in [0.4, 0.5) is 0 Å². The van der Waals surface area contributed by atoms with Gasteiger partial charge in [-0.15, -0.1) is 0 Å². The Morgan fingerprint density at radius 2 is 2.22 bits per heavy atom. The summed E-state index contributed by atoms with van der Waals surface area (Å²) in [6.07, 6.45) is 0.0233. The Kier molecular flexibility index (Phi) is 3.64. The molecule has 0 bridgehead atoms. The summed E-state index contributed by atoms with van der Waals surface area (Å²) in [7, 11) is 1.61. The summed E-state index contributed by atoms with van der Waals surface area (Å²) in [5.41, 5.74) is 0.725. The molecule has 1 aliphatic heterocycles. The lowest BCUT2D eigenvalue weighted by atomic mass is 9.94. The van der Waals surface area contributed by atoms with E-state index in [-0.39, 0.29) is 12.3 Å². The van der Waals surface area contributed by atoms with Gasteiger partial charge in [-0.05, 0) is 23.8 Å². The second-order valence-corrected chi connectivity index (χ2v) is 5.55. The SMILES string of the molecule is CN1C(=O)CC(C(=O)O)C1c1cc(Cl)ccc1Br. The van der Waals surface area contributed by atoms with Crippen molar-refractivity contribution in [3.8, 4) is 0 Å². The van der Waals surface area contributed by atoms with Crippen LogP contribution in [0.1, 0.15) is 18.0 Å². The average molecular weight is 333 g/mol. The predicted octanol–water partition coefficient (Wildman–Crippen LogP) is 2.71. The fourth-order valence-electron chi connectivity index (χ4n) is 2.26. The number of carboxylic acids is 1. The molecule has 2 unspecified atom stereocenters. The van der Waals surface area contributed by atoms with E-state index in [0.29, 0.717) is 5.02 Å². The zero-order valence-corrected chi connectivity index (χ0v) is 11.9. The number of carboxylic acid groups (broad SMARTS) is 1. The molecule has 6 heteroatoms. The molecule has 1 saturated heterocycles. The predicted molar refractivity (Wildman–Crippen MR) is 70.4 cm³/mol. The molecule has 1 N–H and O–H groups in total. The van der Waals surface area contributed by atoms with E-state index in [4.69, 9.17) is 11.6 Å². The van der Waals surface area contributed by atoms with Crippen molar-refractivity contribution in [3.63, 3.8) is 0 Å². The molecule has 1 aliphatic rings. The number of hydrogen-bond donors (Lipinski definition) is 1. The number of halogens is 2. The molecule has 1 aromatic carbocycles. The number of nitrogens with zero attached hydrogens (tertiary/aromatic N) is 1. The summed E-state index contributed by atoms with van der Waals surface area (Å²) in [6.45, 7) is 0. The lowest BCUT2D eigenvalue weighted by molar-refractivity contribution is -0.142. The number of rotatable bonds is 2. The van der Waals surface area contributed by atoms with Crippen molar-refractivity contribution in [3.05, 3.63) is 33.3 Å². The molecule has 96 valence electrons. The first-order chi connectivity index (χ1) is 8.41. The fraction of sp³-hybridized carbons (Fsp3) is 0.333. The number of aliphatic carboxylic acids is 1. The van der Waals surface area contributed by atoms with Gasteiger partial charge in [-0.3, -0.25) is 9.59 Å². The number of hydrogen-bond acceptors (Lipinski definition) is 2. The van der Waals surface area contributed by atoms with E-state index in [1.54, 1.807) is 25.2 Å². The van der Waals surface area contributed by atoms with Crippen molar-refractivity contribution >= 4 is 39.4 Å². The second kappa shape index (κ2) is 4.90. The van der Waals surface area contributed by atoms with Gasteiger partial charge in [-0.25, -0.2) is 0 Å². The molecule has 4 nitrogen and oxygen atoms in total. The third kappa shape index (κ3) is 2.24. The number of carbonyl (C=O) groups is 2. The molecular weight excluding hydrogens is 321 g/mol. The van der Waals surface area contributed by atoms with Crippen LogP contribution >= 0.6 is 27.5 Å². The minimum absolute atomic E-state index is 0.0233. The van der Waals surface area contributed by atoms with Gasteiger partial charge < -0.3 is 10.0 Å². The highest BCUT2D eigenvalue weighted by Crippen LogP contribution is 2.40. The van der Waals surface area contributed by atoms with Crippen LogP contribution in [0.5, 0.6) is 0 Å². The van der Waals surface area contributed by atoms with E-state index in [9.17, 15) is 14.7 Å². The first-order valence-electron chi connectivity index (χ1n) is 5.35. The van der Waals surface area contributed by atoms with E-state index >= 15 is 0 Å². The van der Waals surface area contributed by atoms with Crippen LogP contribution < -0.4 is 0 Å². The molecule has 1 fully saturated rings. The van der Waals surface area contributed by atoms with Gasteiger partial charge >= 0.3 is 5.97 Å². The van der Waals surface area contributed by atoms with Gasteiger partial charge in [0.25, 0.3) is 0 Å². The number of likely N-dealkylation sites (tertiary alicyclic amines) is 1. The van der Waals surface area contributed by atoms with Crippen LogP contribution in [0.15, 0.2) is 22.7 Å². The van der Waals surface area contributed by atoms with Gasteiger partial charge in [0, 0.05) is 23.0 Å². The third-order valence-corrected chi connectivity index (χ3v) is 4.14. The van der Waals surface area contributed by atoms with Crippen LogP contribution in [-0.2, 0) is 9.59 Å². The maximum atomic E-state index is 11.7. The Balaban J connectivity index is 2.49. The van der Waals surface area contributed by atoms with E-state index in [1.807, 2.05) is 0 Å². The molecule has 2 atom stereocenters. The lowest BCUT2D eigenvalue weighted by Crippen LogP contribution is -2.27. The minimum Gasteiger partial charge on any atom is -0.481 e. The normalized spacial score (nSPS) is 23.5. The molecule has 0 spiro atoms. The Morgan fingerprint density at radius 1 is 1.56 bits per heavy atom. The molecular formula is C12H11BrClNO3. The Hall–Kier alpha value is -1.07. The Labute approximate surface area is 118 Å². The zero-order chi connectivity index (χ0) is 13.4. The number of amides is 1. The highest BCUT2D eigenvalue weighted by Gasteiger charge is 2.43. The number of benzene rings is 1. The molecule has 1 amide bonds. The van der Waals surface area contributed by atoms with Gasteiger partial charge in [0.2, 0.25) is 5.91 Å². The standard InChI is InChI=1S/C12H11BrClNO3/c1-15-10(16)5-8(12(17)18)11(15)7-4-6(14)2-3-9(7)13/h2-4,8,11H,5H2,1H3,(H,17,18). The van der Waals surface area contributed by atoms with E-state index in [1.165, 1.54) is 4.90 Å². The van der Waals surface area contributed by atoms with E-state index < -0.39 is 17.9 Å². The quantitative estimate of drug-likeness (QED) is 0.906. The van der Waals surface area contributed by atoms with Crippen molar-refractivity contribution in [1.29, 1.82) is 0 Å². The van der Waals surface area contributed by atoms with Gasteiger partial charge in [0.05, 0.1) is 12.0 Å². The van der Waals surface area contributed by atoms with Crippen LogP contribution in [0.25, 0.3) is 0 Å². The first kappa shape index (κ1) is 13.4. The summed E-state index contributed by atoms with van der Waals surface area (Å²) >= 11 is 9.31. The van der Waals surface area contributed by atoms with Crippen molar-refractivity contribution in [2.75, 3.05) is 7.05 Å². The van der Waals surface area contributed by atoms with Crippen molar-refractivity contribution in [2.24, 2.45) is 5.92 Å². The van der Waals surface area contributed by atoms with Crippen LogP contribution in [0, 0.1) is 5.92 Å². The number of carbonyl (C=O) groups excluding carboxylic acids is 1. The van der Waals surface area contributed by atoms with Crippen LogP contribution in [0.2, 0.25) is 5.02 Å². The molecule has 0 saturated carbocycles. The molecule has 18 heavy (non-hydrogen) atoms. The molecule has 1 heterocycles. The van der Waals surface area contributed by atoms with Crippen molar-refractivity contribution in [2.45, 2.75) is 12.5 Å². The Morgan fingerprint density at radius 3 is 2.83 bits per heavy atom. The van der Waals surface area contributed by atoms with Gasteiger partial charge in [-0.2, -0.15) is 0 Å². The highest BCUT2D eigenvalue weighted by atomic mass is 79.9. The molecule has 2 rings (SSSR count). The maximum absolute atomic E-state index is 11.7. The first-order valence-corrected chi connectivity index (χ1v) is 6.52. The van der Waals surface area contributed by atoms with Crippen LogP contribution in [0.3, 0.4) is 0 Å². The summed E-state index contributed by atoms with van der Waals surface area (Å²) < 4.78 is 0.754. The Bertz CT molecular complexity index is 520. The van der Waals surface area contributed by atoms with E-state index in [2.05, 4.69) is 15.9 Å². The monoisotopic (exact) mass is 331 g/mol. The maximum Gasteiger partial charge on any atom is 0.309 e. The smallest absolute Gasteiger partial charge is 0.309 e. The fourth-order valence-corrected chi connectivity index (χ4v) is 2.92.